The summed E-state index contributed by atoms with van der Waals surface area (Å²) in [5.41, 5.74) is 1.25. The summed E-state index contributed by atoms with van der Waals surface area (Å²) in [4.78, 5) is 32.5. The molecule has 1 fully saturated rings. The SMILES string of the molecule is COc1ccc(Cl)c(C2=CC3NC(=O)N(c4cncc5ccccc45)C(=O)C3S2)c1. The van der Waals surface area contributed by atoms with E-state index in [0.29, 0.717) is 16.5 Å². The zero-order valence-electron chi connectivity index (χ0n) is 15.8. The molecule has 0 radical (unpaired) electrons. The number of nitrogens with zero attached hydrogens (tertiary/aromatic N) is 2. The van der Waals surface area contributed by atoms with E-state index in [2.05, 4.69) is 10.3 Å². The summed E-state index contributed by atoms with van der Waals surface area (Å²) in [6.07, 6.45) is 5.14. The van der Waals surface area contributed by atoms with Crippen molar-refractivity contribution in [3.05, 3.63) is 71.5 Å². The highest BCUT2D eigenvalue weighted by Gasteiger charge is 2.45. The fourth-order valence-corrected chi connectivity index (χ4v) is 5.31. The number of imide groups is 1. The predicted molar refractivity (Wildman–Crippen MR) is 119 cm³/mol. The molecule has 0 bridgehead atoms. The second-order valence-corrected chi connectivity index (χ2v) is 8.53. The second kappa shape index (κ2) is 7.34. The van der Waals surface area contributed by atoms with Crippen LogP contribution < -0.4 is 15.0 Å². The van der Waals surface area contributed by atoms with Crippen LogP contribution in [-0.2, 0) is 4.79 Å². The number of hydrogen-bond donors (Lipinski definition) is 1. The van der Waals surface area contributed by atoms with Crippen molar-refractivity contribution >= 4 is 56.7 Å². The van der Waals surface area contributed by atoms with Gasteiger partial charge in [0.15, 0.2) is 0 Å². The largest absolute Gasteiger partial charge is 0.497 e. The number of amides is 3. The molecule has 6 nitrogen and oxygen atoms in total. The van der Waals surface area contributed by atoms with Crippen LogP contribution in [0.3, 0.4) is 0 Å². The van der Waals surface area contributed by atoms with Gasteiger partial charge in [-0.15, -0.1) is 11.8 Å². The highest BCUT2D eigenvalue weighted by molar-refractivity contribution is 8.09. The monoisotopic (exact) mass is 437 g/mol. The Hall–Kier alpha value is -3.03. The zero-order valence-corrected chi connectivity index (χ0v) is 17.4. The number of rotatable bonds is 3. The first-order chi connectivity index (χ1) is 14.6. The molecule has 2 atom stereocenters. The van der Waals surface area contributed by atoms with Gasteiger partial charge in [0.25, 0.3) is 5.91 Å². The Balaban J connectivity index is 1.50. The Labute approximate surface area is 181 Å². The van der Waals surface area contributed by atoms with Gasteiger partial charge in [-0.25, -0.2) is 9.69 Å². The van der Waals surface area contributed by atoms with Crippen LogP contribution in [0.25, 0.3) is 15.7 Å². The Morgan fingerprint density at radius 3 is 2.83 bits per heavy atom. The quantitative estimate of drug-likeness (QED) is 0.654. The summed E-state index contributed by atoms with van der Waals surface area (Å²) in [5.74, 6) is 0.391. The molecule has 3 amide bonds. The van der Waals surface area contributed by atoms with Gasteiger partial charge in [0.2, 0.25) is 0 Å². The van der Waals surface area contributed by atoms with E-state index in [9.17, 15) is 9.59 Å². The molecule has 2 aromatic carbocycles. The van der Waals surface area contributed by atoms with Gasteiger partial charge in [-0.05, 0) is 24.3 Å². The number of aromatic nitrogens is 1. The fourth-order valence-electron chi connectivity index (χ4n) is 3.74. The maximum absolute atomic E-state index is 13.4. The van der Waals surface area contributed by atoms with Crippen LogP contribution in [0.1, 0.15) is 5.56 Å². The van der Waals surface area contributed by atoms with E-state index < -0.39 is 17.3 Å². The number of ether oxygens (including phenoxy) is 1. The Kier molecular flexibility index (Phi) is 4.64. The molecule has 30 heavy (non-hydrogen) atoms. The third-order valence-electron chi connectivity index (χ3n) is 5.20. The zero-order chi connectivity index (χ0) is 20.8. The number of anilines is 1. The normalized spacial score (nSPS) is 20.7. The van der Waals surface area contributed by atoms with Gasteiger partial charge in [0.05, 0.1) is 25.0 Å². The van der Waals surface area contributed by atoms with Crippen LogP contribution in [0.15, 0.2) is 60.9 Å². The van der Waals surface area contributed by atoms with Crippen LogP contribution in [0.4, 0.5) is 10.5 Å². The highest BCUT2D eigenvalue weighted by atomic mass is 35.5. The summed E-state index contributed by atoms with van der Waals surface area (Å²) in [5, 5.41) is 4.66. The minimum atomic E-state index is -0.487. The van der Waals surface area contributed by atoms with Gasteiger partial charge in [-0.3, -0.25) is 9.78 Å². The number of benzene rings is 2. The molecular weight excluding hydrogens is 422 g/mol. The third kappa shape index (κ3) is 3.02. The first-order valence-corrected chi connectivity index (χ1v) is 10.5. The van der Waals surface area contributed by atoms with Crippen molar-refractivity contribution in [1.29, 1.82) is 0 Å². The first kappa shape index (κ1) is 19.0. The van der Waals surface area contributed by atoms with Gasteiger partial charge >= 0.3 is 6.03 Å². The molecule has 2 unspecified atom stereocenters. The number of thioether (sulfide) groups is 1. The highest BCUT2D eigenvalue weighted by Crippen LogP contribution is 2.45. The summed E-state index contributed by atoms with van der Waals surface area (Å²) in [7, 11) is 1.59. The Bertz CT molecular complexity index is 1220. The van der Waals surface area contributed by atoms with Crippen LogP contribution in [0.5, 0.6) is 5.75 Å². The van der Waals surface area contributed by atoms with Crippen molar-refractivity contribution < 1.29 is 14.3 Å². The molecule has 8 heteroatoms. The lowest BCUT2D eigenvalue weighted by Crippen LogP contribution is -2.60. The second-order valence-electron chi connectivity index (χ2n) is 6.94. The van der Waals surface area contributed by atoms with Crippen molar-refractivity contribution in [2.45, 2.75) is 11.3 Å². The lowest BCUT2D eigenvalue weighted by molar-refractivity contribution is -0.118. The number of methoxy groups -OCH3 is 1. The molecule has 1 N–H and O–H groups in total. The minimum absolute atomic E-state index is 0.280. The lowest BCUT2D eigenvalue weighted by atomic mass is 10.1. The molecule has 0 saturated carbocycles. The number of urea groups is 1. The maximum atomic E-state index is 13.4. The Morgan fingerprint density at radius 2 is 2.00 bits per heavy atom. The average Bonchev–Trinajstić information content (AvgIpc) is 3.18. The number of pyridine rings is 1. The van der Waals surface area contributed by atoms with Crippen molar-refractivity contribution in [3.63, 3.8) is 0 Å². The van der Waals surface area contributed by atoms with Gasteiger partial charge in [0, 0.05) is 32.5 Å². The van der Waals surface area contributed by atoms with Crippen molar-refractivity contribution in [2.24, 2.45) is 0 Å². The molecule has 0 spiro atoms. The molecule has 5 rings (SSSR count). The molecule has 3 aromatic rings. The van der Waals surface area contributed by atoms with E-state index in [1.54, 1.807) is 31.6 Å². The van der Waals surface area contributed by atoms with E-state index in [4.69, 9.17) is 16.3 Å². The molecule has 0 aliphatic carbocycles. The first-order valence-electron chi connectivity index (χ1n) is 9.26. The summed E-state index contributed by atoms with van der Waals surface area (Å²) >= 11 is 7.77. The van der Waals surface area contributed by atoms with Gasteiger partial charge in [-0.2, -0.15) is 0 Å². The maximum Gasteiger partial charge on any atom is 0.329 e. The van der Waals surface area contributed by atoms with Crippen molar-refractivity contribution in [2.75, 3.05) is 12.0 Å². The van der Waals surface area contributed by atoms with E-state index in [1.807, 2.05) is 36.4 Å². The van der Waals surface area contributed by atoms with Crippen LogP contribution >= 0.6 is 23.4 Å². The standard InChI is InChI=1S/C22H16ClN3O3S/c1-29-13-6-7-16(23)15(8-13)19-9-17-20(30-19)21(27)26(22(28)25-17)18-11-24-10-12-4-2-3-5-14(12)18/h2-11,17,20H,1H3,(H,25,28). The molecule has 2 aliphatic heterocycles. The van der Waals surface area contributed by atoms with E-state index in [0.717, 1.165) is 21.2 Å². The Morgan fingerprint density at radius 1 is 1.17 bits per heavy atom. The van der Waals surface area contributed by atoms with Crippen molar-refractivity contribution in [1.82, 2.24) is 10.3 Å². The smallest absolute Gasteiger partial charge is 0.329 e. The molecule has 3 heterocycles. The van der Waals surface area contributed by atoms with E-state index in [-0.39, 0.29) is 5.91 Å². The van der Waals surface area contributed by atoms with Gasteiger partial charge in [0.1, 0.15) is 11.0 Å². The molecule has 1 saturated heterocycles. The number of fused-ring (bicyclic) bond motifs is 2. The van der Waals surface area contributed by atoms with Crippen LogP contribution in [0.2, 0.25) is 5.02 Å². The predicted octanol–water partition coefficient (Wildman–Crippen LogP) is 4.48. The molecular formula is C22H16ClN3O3S. The number of carbonyl (C=O) groups excluding carboxylic acids is 2. The number of halogens is 1. The molecule has 1 aromatic heterocycles. The topological polar surface area (TPSA) is 71.5 Å². The molecule has 2 aliphatic rings. The minimum Gasteiger partial charge on any atom is -0.497 e. The number of nitrogens with one attached hydrogen (secondary N) is 1. The van der Waals surface area contributed by atoms with Gasteiger partial charge < -0.3 is 10.1 Å². The summed E-state index contributed by atoms with van der Waals surface area (Å²) in [6, 6.07) is 12.0. The average molecular weight is 438 g/mol. The summed E-state index contributed by atoms with van der Waals surface area (Å²) < 4.78 is 5.30. The number of hydrogen-bond acceptors (Lipinski definition) is 5. The number of carbonyl (C=O) groups is 2. The lowest BCUT2D eigenvalue weighted by Gasteiger charge is -2.33. The van der Waals surface area contributed by atoms with Crippen LogP contribution in [0, 0.1) is 0 Å². The van der Waals surface area contributed by atoms with Crippen molar-refractivity contribution in [3.8, 4) is 5.75 Å². The third-order valence-corrected chi connectivity index (χ3v) is 6.88. The fraction of sp³-hybridized carbons (Fsp3) is 0.136. The van der Waals surface area contributed by atoms with Crippen LogP contribution in [-0.4, -0.2) is 35.3 Å². The van der Waals surface area contributed by atoms with E-state index >= 15 is 0 Å². The van der Waals surface area contributed by atoms with Gasteiger partial charge in [-0.1, -0.05) is 35.9 Å². The molecule has 150 valence electrons. The van der Waals surface area contributed by atoms with E-state index in [1.165, 1.54) is 16.7 Å². The summed E-state index contributed by atoms with van der Waals surface area (Å²) in [6.45, 7) is 0.